The summed E-state index contributed by atoms with van der Waals surface area (Å²) in [5.41, 5.74) is 4.32. The van der Waals surface area contributed by atoms with E-state index in [9.17, 15) is 15.0 Å². The van der Waals surface area contributed by atoms with Crippen molar-refractivity contribution in [2.75, 3.05) is 12.0 Å². The molecule has 0 radical (unpaired) electrons. The predicted octanol–water partition coefficient (Wildman–Crippen LogP) is 2.09. The van der Waals surface area contributed by atoms with E-state index in [1.54, 1.807) is 18.3 Å². The van der Waals surface area contributed by atoms with Crippen molar-refractivity contribution in [3.8, 4) is 5.75 Å². The molecule has 2 rings (SSSR count). The monoisotopic (exact) mass is 368 g/mol. The minimum Gasteiger partial charge on any atom is -0.490 e. The molecule has 0 bridgehead atoms. The summed E-state index contributed by atoms with van der Waals surface area (Å²) in [6.07, 6.45) is 7.80. The molecule has 7 heteroatoms. The van der Waals surface area contributed by atoms with Crippen LogP contribution in [-0.4, -0.2) is 50.9 Å². The summed E-state index contributed by atoms with van der Waals surface area (Å²) >= 11 is 1.40. The number of hydrogen-bond donors (Lipinski definition) is 3. The molecule has 0 unspecified atom stereocenters. The number of ether oxygens (including phenoxy) is 1. The van der Waals surface area contributed by atoms with Gasteiger partial charge in [-0.05, 0) is 43.9 Å². The van der Waals surface area contributed by atoms with Crippen LogP contribution in [0.2, 0.25) is 0 Å². The van der Waals surface area contributed by atoms with Gasteiger partial charge in [-0.2, -0.15) is 11.8 Å². The normalized spacial score (nSPS) is 24.3. The van der Waals surface area contributed by atoms with Crippen molar-refractivity contribution < 1.29 is 19.7 Å². The zero-order chi connectivity index (χ0) is 18.4. The molecule has 0 spiro atoms. The van der Waals surface area contributed by atoms with Gasteiger partial charge in [-0.25, -0.2) is 4.79 Å². The fourth-order valence-corrected chi connectivity index (χ4v) is 3.76. The zero-order valence-corrected chi connectivity index (χ0v) is 15.7. The molecule has 25 heavy (non-hydrogen) atoms. The maximum absolute atomic E-state index is 11.6. The lowest BCUT2D eigenvalue weighted by Crippen LogP contribution is -2.57. The third-order valence-corrected chi connectivity index (χ3v) is 5.53. The van der Waals surface area contributed by atoms with Crippen molar-refractivity contribution in [3.05, 3.63) is 24.0 Å². The molecule has 4 N–H and O–H groups in total. The Morgan fingerprint density at radius 1 is 1.48 bits per heavy atom. The summed E-state index contributed by atoms with van der Waals surface area (Å²) in [6, 6.07) is 2.59. The number of aliphatic carboxylic acids is 1. The summed E-state index contributed by atoms with van der Waals surface area (Å²) in [5, 5.41) is 20.0. The number of nitrogens with two attached hydrogens (primary N) is 1. The lowest BCUT2D eigenvalue weighted by molar-refractivity contribution is -0.160. The fraction of sp³-hybridized carbons (Fsp3) is 0.667. The van der Waals surface area contributed by atoms with E-state index < -0.39 is 17.6 Å². The second kappa shape index (κ2) is 8.87. The summed E-state index contributed by atoms with van der Waals surface area (Å²) < 4.78 is 6.02. The van der Waals surface area contributed by atoms with E-state index in [2.05, 4.69) is 11.9 Å². The Bertz CT molecular complexity index is 578. The van der Waals surface area contributed by atoms with E-state index >= 15 is 0 Å². The molecular formula is C18H28N2O4S. The molecule has 140 valence electrons. The van der Waals surface area contributed by atoms with Crippen molar-refractivity contribution in [2.45, 2.75) is 56.8 Å². The Balaban J connectivity index is 2.07. The van der Waals surface area contributed by atoms with Crippen LogP contribution in [0.4, 0.5) is 0 Å². The number of aromatic nitrogens is 1. The van der Waals surface area contributed by atoms with E-state index in [0.29, 0.717) is 17.2 Å². The van der Waals surface area contributed by atoms with Crippen molar-refractivity contribution in [3.63, 3.8) is 0 Å². The molecule has 0 amide bonds. The lowest BCUT2D eigenvalue weighted by atomic mass is 9.89. The standard InChI is InChI=1S/C18H28N2O4S/c1-12-3-5-14(6-4-12)24-15-7-8-20-13(9-15)10-18(23,17(21)22)16(19)11-25-2/h7-9,12,14,16,23H,3-6,10-11,19H2,1-2H3,(H,21,22)/t12-,14-,16-,18+/m0/s1. The first-order chi connectivity index (χ1) is 11.8. The highest BCUT2D eigenvalue weighted by Gasteiger charge is 2.42. The highest BCUT2D eigenvalue weighted by atomic mass is 32.2. The predicted molar refractivity (Wildman–Crippen MR) is 98.9 cm³/mol. The molecule has 6 nitrogen and oxygen atoms in total. The topological polar surface area (TPSA) is 106 Å². The number of carboxylic acid groups (broad SMARTS) is 1. The van der Waals surface area contributed by atoms with Gasteiger partial charge in [-0.15, -0.1) is 0 Å². The van der Waals surface area contributed by atoms with Crippen molar-refractivity contribution in [1.29, 1.82) is 0 Å². The molecule has 0 saturated heterocycles. The van der Waals surface area contributed by atoms with Crippen LogP contribution >= 0.6 is 11.8 Å². The third-order valence-electron chi connectivity index (χ3n) is 4.83. The number of hydrogen-bond acceptors (Lipinski definition) is 6. The van der Waals surface area contributed by atoms with Crippen LogP contribution in [0.3, 0.4) is 0 Å². The number of rotatable bonds is 8. The Kier molecular flexibility index (Phi) is 7.10. The molecule has 1 aromatic rings. The highest BCUT2D eigenvalue weighted by molar-refractivity contribution is 7.98. The van der Waals surface area contributed by atoms with Gasteiger partial charge in [0.15, 0.2) is 5.60 Å². The van der Waals surface area contributed by atoms with Crippen molar-refractivity contribution in [2.24, 2.45) is 11.7 Å². The van der Waals surface area contributed by atoms with Gasteiger partial charge in [0.2, 0.25) is 0 Å². The number of thioether (sulfide) groups is 1. The van der Waals surface area contributed by atoms with Crippen LogP contribution in [0.25, 0.3) is 0 Å². The Morgan fingerprint density at radius 3 is 2.76 bits per heavy atom. The maximum Gasteiger partial charge on any atom is 0.337 e. The Labute approximate surface area is 153 Å². The first-order valence-electron chi connectivity index (χ1n) is 8.67. The highest BCUT2D eigenvalue weighted by Crippen LogP contribution is 2.28. The van der Waals surface area contributed by atoms with Gasteiger partial charge in [-0.3, -0.25) is 4.98 Å². The molecule has 1 aromatic heterocycles. The van der Waals surface area contributed by atoms with Crippen molar-refractivity contribution in [1.82, 2.24) is 4.98 Å². The average molecular weight is 368 g/mol. The number of carboxylic acids is 1. The van der Waals surface area contributed by atoms with E-state index in [0.717, 1.165) is 31.6 Å². The number of nitrogens with zero attached hydrogens (tertiary/aromatic N) is 1. The summed E-state index contributed by atoms with van der Waals surface area (Å²) in [6.45, 7) is 2.26. The van der Waals surface area contributed by atoms with Gasteiger partial charge in [-0.1, -0.05) is 6.92 Å². The summed E-state index contributed by atoms with van der Waals surface area (Å²) in [7, 11) is 0. The van der Waals surface area contributed by atoms with E-state index in [-0.39, 0.29) is 12.5 Å². The van der Waals surface area contributed by atoms with Crippen LogP contribution in [0, 0.1) is 5.92 Å². The number of aliphatic hydroxyl groups is 1. The molecule has 1 saturated carbocycles. The minimum atomic E-state index is -2.05. The number of carbonyl (C=O) groups is 1. The third kappa shape index (κ3) is 5.33. The Morgan fingerprint density at radius 2 is 2.16 bits per heavy atom. The minimum absolute atomic E-state index is 0.150. The second-order valence-corrected chi connectivity index (χ2v) is 7.86. The zero-order valence-electron chi connectivity index (χ0n) is 14.9. The van der Waals surface area contributed by atoms with Gasteiger partial charge in [0, 0.05) is 30.1 Å². The lowest BCUT2D eigenvalue weighted by Gasteiger charge is -2.29. The largest absolute Gasteiger partial charge is 0.490 e. The quantitative estimate of drug-likeness (QED) is 0.645. The van der Waals surface area contributed by atoms with Crippen LogP contribution in [0.1, 0.15) is 38.3 Å². The number of pyridine rings is 1. The van der Waals surface area contributed by atoms with Gasteiger partial charge < -0.3 is 20.7 Å². The van der Waals surface area contributed by atoms with Gasteiger partial charge in [0.25, 0.3) is 0 Å². The average Bonchev–Trinajstić information content (AvgIpc) is 2.57. The molecule has 1 aliphatic rings. The molecule has 0 aliphatic heterocycles. The fourth-order valence-electron chi connectivity index (χ4n) is 3.12. The van der Waals surface area contributed by atoms with E-state index in [1.807, 2.05) is 6.26 Å². The smallest absolute Gasteiger partial charge is 0.337 e. The van der Waals surface area contributed by atoms with Crippen LogP contribution < -0.4 is 10.5 Å². The molecular weight excluding hydrogens is 340 g/mol. The Hall–Kier alpha value is -1.31. The first kappa shape index (κ1) is 20.0. The van der Waals surface area contributed by atoms with Crippen LogP contribution in [0.5, 0.6) is 5.75 Å². The summed E-state index contributed by atoms with van der Waals surface area (Å²) in [5.74, 6) is 0.426. The summed E-state index contributed by atoms with van der Waals surface area (Å²) in [4.78, 5) is 15.8. The van der Waals surface area contributed by atoms with E-state index in [1.165, 1.54) is 11.8 Å². The molecule has 1 aliphatic carbocycles. The van der Waals surface area contributed by atoms with Crippen LogP contribution in [-0.2, 0) is 11.2 Å². The van der Waals surface area contributed by atoms with Crippen molar-refractivity contribution >= 4 is 17.7 Å². The molecule has 2 atom stereocenters. The van der Waals surface area contributed by atoms with Gasteiger partial charge >= 0.3 is 5.97 Å². The molecule has 1 heterocycles. The maximum atomic E-state index is 11.6. The van der Waals surface area contributed by atoms with Gasteiger partial charge in [0.1, 0.15) is 5.75 Å². The van der Waals surface area contributed by atoms with Gasteiger partial charge in [0.05, 0.1) is 12.1 Å². The SMILES string of the molecule is CSC[C@H](N)[C@](O)(Cc1cc(O[C@H]2CC[C@H](C)CC2)ccn1)C(=O)O. The molecule has 0 aromatic carbocycles. The van der Waals surface area contributed by atoms with E-state index in [4.69, 9.17) is 10.5 Å². The molecule has 1 fully saturated rings. The van der Waals surface area contributed by atoms with Crippen LogP contribution in [0.15, 0.2) is 18.3 Å². The first-order valence-corrected chi connectivity index (χ1v) is 10.1. The second-order valence-electron chi connectivity index (χ2n) is 6.95.